The molecule has 128 valence electrons. The van der Waals surface area contributed by atoms with Crippen LogP contribution in [0.4, 0.5) is 0 Å². The van der Waals surface area contributed by atoms with E-state index in [4.69, 9.17) is 9.47 Å². The molecule has 1 aliphatic heterocycles. The summed E-state index contributed by atoms with van der Waals surface area (Å²) in [5.41, 5.74) is 0.581. The fraction of sp³-hybridized carbons (Fsp3) is 0.562. The lowest BCUT2D eigenvalue weighted by Gasteiger charge is -2.23. The molecule has 1 fully saturated rings. The summed E-state index contributed by atoms with van der Waals surface area (Å²) < 4.78 is 37.6. The number of sulfonamides is 1. The molecule has 0 aromatic heterocycles. The Morgan fingerprint density at radius 3 is 2.78 bits per heavy atom. The van der Waals surface area contributed by atoms with Gasteiger partial charge in [-0.2, -0.15) is 0 Å². The summed E-state index contributed by atoms with van der Waals surface area (Å²) in [6, 6.07) is 6.50. The maximum absolute atomic E-state index is 12.3. The van der Waals surface area contributed by atoms with Crippen molar-refractivity contribution < 1.29 is 22.7 Å². The normalized spacial score (nSPS) is 20.0. The van der Waals surface area contributed by atoms with E-state index in [-0.39, 0.29) is 11.0 Å². The lowest BCUT2D eigenvalue weighted by atomic mass is 10.1. The number of aryl methyl sites for hydroxylation is 1. The van der Waals surface area contributed by atoms with Gasteiger partial charge in [0.2, 0.25) is 0 Å². The quantitative estimate of drug-likeness (QED) is 0.853. The highest BCUT2D eigenvalue weighted by Crippen LogP contribution is 2.15. The van der Waals surface area contributed by atoms with Gasteiger partial charge in [-0.05, 0) is 44.7 Å². The van der Waals surface area contributed by atoms with Crippen molar-refractivity contribution in [3.63, 3.8) is 0 Å². The predicted octanol–water partition coefficient (Wildman–Crippen LogP) is 1.77. The minimum atomic E-state index is -3.89. The first kappa shape index (κ1) is 17.9. The molecule has 1 amide bonds. The third kappa shape index (κ3) is 5.02. The number of amides is 1. The Morgan fingerprint density at radius 2 is 2.13 bits per heavy atom. The van der Waals surface area contributed by atoms with E-state index in [1.807, 2.05) is 0 Å². The number of nitrogens with one attached hydrogen (secondary N) is 1. The molecule has 1 aromatic rings. The van der Waals surface area contributed by atoms with Crippen molar-refractivity contribution in [1.29, 1.82) is 0 Å². The molecule has 2 rings (SSSR count). The van der Waals surface area contributed by atoms with Crippen molar-refractivity contribution in [2.75, 3.05) is 13.2 Å². The van der Waals surface area contributed by atoms with Gasteiger partial charge in [-0.1, -0.05) is 18.2 Å². The predicted molar refractivity (Wildman–Crippen MR) is 85.5 cm³/mol. The van der Waals surface area contributed by atoms with E-state index in [9.17, 15) is 13.2 Å². The highest BCUT2D eigenvalue weighted by atomic mass is 32.2. The van der Waals surface area contributed by atoms with Crippen LogP contribution in [-0.4, -0.2) is 39.7 Å². The average Bonchev–Trinajstić information content (AvgIpc) is 2.53. The Bertz CT molecular complexity index is 638. The van der Waals surface area contributed by atoms with Crippen LogP contribution in [0.25, 0.3) is 0 Å². The molecule has 0 spiro atoms. The molecule has 0 unspecified atom stereocenters. The van der Waals surface area contributed by atoms with Crippen LogP contribution in [0.15, 0.2) is 29.2 Å². The van der Waals surface area contributed by atoms with Gasteiger partial charge in [0, 0.05) is 6.61 Å². The molecule has 0 radical (unpaired) electrons. The van der Waals surface area contributed by atoms with Crippen LogP contribution < -0.4 is 4.72 Å². The Labute approximate surface area is 137 Å². The summed E-state index contributed by atoms with van der Waals surface area (Å²) in [7, 11) is -3.89. The second-order valence-corrected chi connectivity index (χ2v) is 7.35. The minimum Gasteiger partial charge on any atom is -0.376 e. The van der Waals surface area contributed by atoms with Crippen LogP contribution in [0.5, 0.6) is 0 Å². The average molecular weight is 341 g/mol. The number of ether oxygens (including phenoxy) is 2. The maximum Gasteiger partial charge on any atom is 0.264 e. The smallest absolute Gasteiger partial charge is 0.264 e. The van der Waals surface area contributed by atoms with Crippen LogP contribution in [-0.2, 0) is 24.3 Å². The topological polar surface area (TPSA) is 81.7 Å². The molecule has 6 nitrogen and oxygen atoms in total. The Morgan fingerprint density at radius 1 is 1.39 bits per heavy atom. The standard InChI is InChI=1S/C16H23NO5S/c1-12-7-3-4-9-15(12)23(19,20)17-16(18)13(2)22-11-14-8-5-6-10-21-14/h3-4,7,9,13-14H,5-6,8,10-11H2,1-2H3,(H,17,18)/t13-,14+/m0/s1. The SMILES string of the molecule is Cc1ccccc1S(=O)(=O)NC(=O)[C@H](C)OC[C@H]1CCCCO1. The van der Waals surface area contributed by atoms with E-state index in [2.05, 4.69) is 4.72 Å². The van der Waals surface area contributed by atoms with Crippen molar-refractivity contribution >= 4 is 15.9 Å². The van der Waals surface area contributed by atoms with Crippen molar-refractivity contribution in [2.45, 2.75) is 50.2 Å². The van der Waals surface area contributed by atoms with Crippen LogP contribution in [0.1, 0.15) is 31.7 Å². The summed E-state index contributed by atoms with van der Waals surface area (Å²) in [6.45, 7) is 4.21. The molecule has 0 saturated carbocycles. The van der Waals surface area contributed by atoms with Gasteiger partial charge in [-0.25, -0.2) is 13.1 Å². The highest BCUT2D eigenvalue weighted by Gasteiger charge is 2.24. The summed E-state index contributed by atoms with van der Waals surface area (Å²) in [5.74, 6) is -0.677. The fourth-order valence-electron chi connectivity index (χ4n) is 2.39. The van der Waals surface area contributed by atoms with Gasteiger partial charge < -0.3 is 9.47 Å². The number of carbonyl (C=O) groups excluding carboxylic acids is 1. The number of rotatable bonds is 6. The molecule has 0 bridgehead atoms. The zero-order valence-corrected chi connectivity index (χ0v) is 14.3. The second-order valence-electron chi connectivity index (χ2n) is 5.70. The van der Waals surface area contributed by atoms with Gasteiger partial charge in [0.1, 0.15) is 6.10 Å². The van der Waals surface area contributed by atoms with E-state index in [1.54, 1.807) is 25.1 Å². The first-order chi connectivity index (χ1) is 10.9. The Hall–Kier alpha value is -1.44. The van der Waals surface area contributed by atoms with Gasteiger partial charge in [0.05, 0.1) is 17.6 Å². The molecule has 1 aromatic carbocycles. The monoisotopic (exact) mass is 341 g/mol. The van der Waals surface area contributed by atoms with Gasteiger partial charge in [0.15, 0.2) is 0 Å². The van der Waals surface area contributed by atoms with Crippen LogP contribution in [0.3, 0.4) is 0 Å². The summed E-state index contributed by atoms with van der Waals surface area (Å²) >= 11 is 0. The number of carbonyl (C=O) groups is 1. The van der Waals surface area contributed by atoms with E-state index >= 15 is 0 Å². The van der Waals surface area contributed by atoms with Crippen LogP contribution >= 0.6 is 0 Å². The largest absolute Gasteiger partial charge is 0.376 e. The lowest BCUT2D eigenvalue weighted by molar-refractivity contribution is -0.133. The zero-order valence-electron chi connectivity index (χ0n) is 13.4. The Balaban J connectivity index is 1.91. The zero-order chi connectivity index (χ0) is 16.9. The van der Waals surface area contributed by atoms with Gasteiger partial charge in [-0.3, -0.25) is 4.79 Å². The molecular weight excluding hydrogens is 318 g/mol. The summed E-state index contributed by atoms with van der Waals surface area (Å²) in [6.07, 6.45) is 2.14. The Kier molecular flexibility index (Phi) is 6.15. The van der Waals surface area contributed by atoms with E-state index < -0.39 is 22.0 Å². The molecular formula is C16H23NO5S. The van der Waals surface area contributed by atoms with Crippen molar-refractivity contribution in [2.24, 2.45) is 0 Å². The molecule has 0 aliphatic carbocycles. The third-order valence-electron chi connectivity index (χ3n) is 3.79. The highest BCUT2D eigenvalue weighted by molar-refractivity contribution is 7.90. The molecule has 1 aliphatic rings. The van der Waals surface area contributed by atoms with Crippen LogP contribution in [0, 0.1) is 6.92 Å². The summed E-state index contributed by atoms with van der Waals surface area (Å²) in [5, 5.41) is 0. The van der Waals surface area contributed by atoms with E-state index in [0.717, 1.165) is 19.3 Å². The third-order valence-corrected chi connectivity index (χ3v) is 5.30. The molecule has 1 N–H and O–H groups in total. The fourth-order valence-corrected chi connectivity index (χ4v) is 3.68. The van der Waals surface area contributed by atoms with Gasteiger partial charge >= 0.3 is 0 Å². The van der Waals surface area contributed by atoms with Gasteiger partial charge in [-0.15, -0.1) is 0 Å². The minimum absolute atomic E-state index is 0.0213. The molecule has 1 heterocycles. The number of hydrogen-bond donors (Lipinski definition) is 1. The van der Waals surface area contributed by atoms with E-state index in [0.29, 0.717) is 18.8 Å². The maximum atomic E-state index is 12.3. The number of benzene rings is 1. The first-order valence-electron chi connectivity index (χ1n) is 7.75. The number of hydrogen-bond acceptors (Lipinski definition) is 5. The summed E-state index contributed by atoms with van der Waals surface area (Å²) in [4.78, 5) is 12.2. The molecule has 7 heteroatoms. The molecule has 1 saturated heterocycles. The lowest BCUT2D eigenvalue weighted by Crippen LogP contribution is -2.40. The van der Waals surface area contributed by atoms with Crippen molar-refractivity contribution in [3.8, 4) is 0 Å². The molecule has 23 heavy (non-hydrogen) atoms. The first-order valence-corrected chi connectivity index (χ1v) is 9.24. The second kappa shape index (κ2) is 7.90. The molecule has 2 atom stereocenters. The van der Waals surface area contributed by atoms with Crippen molar-refractivity contribution in [1.82, 2.24) is 4.72 Å². The van der Waals surface area contributed by atoms with E-state index in [1.165, 1.54) is 13.0 Å². The van der Waals surface area contributed by atoms with Crippen molar-refractivity contribution in [3.05, 3.63) is 29.8 Å². The van der Waals surface area contributed by atoms with Crippen LogP contribution in [0.2, 0.25) is 0 Å². The van der Waals surface area contributed by atoms with Gasteiger partial charge in [0.25, 0.3) is 15.9 Å².